The van der Waals surface area contributed by atoms with Crippen molar-refractivity contribution >= 4 is 29.3 Å². The van der Waals surface area contributed by atoms with Gasteiger partial charge in [-0.25, -0.2) is 9.59 Å². The molecule has 0 saturated carbocycles. The molecule has 1 aliphatic heterocycles. The van der Waals surface area contributed by atoms with E-state index in [-0.39, 0.29) is 66.4 Å². The molecule has 1 heterocycles. The van der Waals surface area contributed by atoms with Crippen molar-refractivity contribution in [1.82, 2.24) is 15.5 Å². The number of hydrogen-bond acceptors (Lipinski definition) is 7. The van der Waals surface area contributed by atoms with Crippen LogP contribution < -0.4 is 10.6 Å². The molecule has 4 rings (SSSR count). The van der Waals surface area contributed by atoms with Crippen molar-refractivity contribution in [2.45, 2.75) is 38.3 Å². The van der Waals surface area contributed by atoms with Gasteiger partial charge in [-0.15, -0.1) is 0 Å². The molecule has 43 heavy (non-hydrogen) atoms. The Hall–Kier alpha value is -5.16. The maximum absolute atomic E-state index is 13.3. The summed E-state index contributed by atoms with van der Waals surface area (Å²) in [6.07, 6.45) is 0.390. The average molecular weight is 585 g/mol. The number of nitro benzene ring substituents is 1. The van der Waals surface area contributed by atoms with Gasteiger partial charge in [-0.1, -0.05) is 72.8 Å². The van der Waals surface area contributed by atoms with Gasteiger partial charge in [-0.2, -0.15) is 0 Å². The molecule has 0 saturated heterocycles. The van der Waals surface area contributed by atoms with Crippen LogP contribution in [0.15, 0.2) is 96.2 Å². The molecule has 3 N–H and O–H groups in total. The Balaban J connectivity index is 1.51. The third kappa shape index (κ3) is 7.77. The van der Waals surface area contributed by atoms with Crippen LogP contribution in [-0.2, 0) is 27.2 Å². The maximum Gasteiger partial charge on any atom is 0.335 e. The minimum atomic E-state index is -1.27. The highest BCUT2D eigenvalue weighted by Gasteiger charge is 2.38. The van der Waals surface area contributed by atoms with Gasteiger partial charge in [0.25, 0.3) is 5.69 Å². The zero-order valence-corrected chi connectivity index (χ0v) is 23.6. The lowest BCUT2D eigenvalue weighted by Gasteiger charge is -2.37. The Morgan fingerprint density at radius 1 is 0.953 bits per heavy atom. The van der Waals surface area contributed by atoms with Crippen LogP contribution in [0.1, 0.15) is 36.1 Å². The van der Waals surface area contributed by atoms with E-state index in [9.17, 15) is 34.4 Å². The summed E-state index contributed by atoms with van der Waals surface area (Å²) in [4.78, 5) is 64.0. The summed E-state index contributed by atoms with van der Waals surface area (Å²) in [5.74, 6) is -1.84. The largest absolute Gasteiger partial charge is 0.478 e. The number of nitro groups is 1. The van der Waals surface area contributed by atoms with Gasteiger partial charge >= 0.3 is 12.0 Å². The molecule has 2 amide bonds. The van der Waals surface area contributed by atoms with Gasteiger partial charge in [-0.05, 0) is 36.6 Å². The van der Waals surface area contributed by atoms with Crippen molar-refractivity contribution in [3.05, 3.63) is 123 Å². The number of nitrogens with one attached hydrogen (secondary N) is 2. The first-order valence-corrected chi connectivity index (χ1v) is 13.8. The molecule has 0 radical (unpaired) electrons. The number of carbonyl (C=O) groups is 4. The third-order valence-corrected chi connectivity index (χ3v) is 7.18. The predicted octanol–water partition coefficient (Wildman–Crippen LogP) is 3.99. The zero-order valence-electron chi connectivity index (χ0n) is 23.6. The normalized spacial score (nSPS) is 14.9. The minimum Gasteiger partial charge on any atom is -0.478 e. The molecular formula is C32H32N4O7. The van der Waals surface area contributed by atoms with Crippen molar-refractivity contribution in [1.29, 1.82) is 0 Å². The third-order valence-electron chi connectivity index (χ3n) is 7.18. The number of nitrogens with zero attached hydrogens (tertiary/aromatic N) is 2. The monoisotopic (exact) mass is 584 g/mol. The predicted molar refractivity (Wildman–Crippen MR) is 158 cm³/mol. The lowest BCUT2D eigenvalue weighted by Crippen LogP contribution is -2.50. The molecule has 3 aromatic carbocycles. The summed E-state index contributed by atoms with van der Waals surface area (Å²) in [5.41, 5.74) is 1.63. The highest BCUT2D eigenvalue weighted by atomic mass is 16.6. The Morgan fingerprint density at radius 3 is 2.07 bits per heavy atom. The first kappa shape index (κ1) is 30.8. The number of carbonyl (C=O) groups excluding carboxylic acids is 3. The summed E-state index contributed by atoms with van der Waals surface area (Å²) in [5, 5.41) is 27.0. The second-order valence-corrected chi connectivity index (χ2v) is 10.2. The number of carboxylic acid groups (broad SMARTS) is 1. The Bertz CT molecular complexity index is 1490. The summed E-state index contributed by atoms with van der Waals surface area (Å²) in [6, 6.07) is 21.0. The average Bonchev–Trinajstić information content (AvgIpc) is 2.98. The number of rotatable bonds is 14. The minimum absolute atomic E-state index is 0.0444. The van der Waals surface area contributed by atoms with E-state index in [2.05, 4.69) is 10.6 Å². The Labute approximate surface area is 248 Å². The van der Waals surface area contributed by atoms with Crippen molar-refractivity contribution < 1.29 is 29.2 Å². The van der Waals surface area contributed by atoms with Crippen LogP contribution in [-0.4, -0.2) is 57.6 Å². The molecule has 0 spiro atoms. The standard InChI is InChI=1S/C32H32N4O7/c1-21-28(31(39)40)30(24-14-8-15-25(20-24)36(42)43)35(32(41)34-21)17-9-16-33-29(26(37)18-22-10-4-2-5-11-22)27(38)19-23-12-6-3-7-13-23/h2-8,10-15,20,29-30,33H,9,16-19H2,1H3,(H,34,41)(H,39,40). The van der Waals surface area contributed by atoms with Crippen molar-refractivity contribution in [3.63, 3.8) is 0 Å². The van der Waals surface area contributed by atoms with Gasteiger partial charge in [0.2, 0.25) is 0 Å². The number of benzene rings is 3. The molecular weight excluding hydrogens is 552 g/mol. The van der Waals surface area contributed by atoms with Crippen LogP contribution in [0, 0.1) is 10.1 Å². The van der Waals surface area contributed by atoms with Gasteiger partial charge in [0, 0.05) is 37.2 Å². The molecule has 11 nitrogen and oxygen atoms in total. The van der Waals surface area contributed by atoms with Crippen molar-refractivity contribution in [3.8, 4) is 0 Å². The second-order valence-electron chi connectivity index (χ2n) is 10.2. The summed E-state index contributed by atoms with van der Waals surface area (Å²) in [7, 11) is 0. The quantitative estimate of drug-likeness (QED) is 0.111. The number of hydrogen-bond donors (Lipinski definition) is 3. The first-order chi connectivity index (χ1) is 20.7. The number of allylic oxidation sites excluding steroid dienone is 1. The van der Waals surface area contributed by atoms with Crippen LogP contribution >= 0.6 is 0 Å². The molecule has 1 aliphatic rings. The Morgan fingerprint density at radius 2 is 1.53 bits per heavy atom. The maximum atomic E-state index is 13.3. The number of aliphatic carboxylic acids is 1. The van der Waals surface area contributed by atoms with Gasteiger partial charge < -0.3 is 20.6 Å². The number of Topliss-reactive ketones (excluding diaryl/α,β-unsaturated/α-hetero) is 2. The van der Waals surface area contributed by atoms with E-state index in [1.54, 1.807) is 0 Å². The lowest BCUT2D eigenvalue weighted by atomic mass is 9.93. The van der Waals surface area contributed by atoms with Crippen LogP contribution in [0.25, 0.3) is 0 Å². The van der Waals surface area contributed by atoms with Crippen LogP contribution in [0.3, 0.4) is 0 Å². The van der Waals surface area contributed by atoms with Crippen molar-refractivity contribution in [2.75, 3.05) is 13.1 Å². The lowest BCUT2D eigenvalue weighted by molar-refractivity contribution is -0.384. The number of ketones is 2. The number of non-ortho nitro benzene ring substituents is 1. The first-order valence-electron chi connectivity index (χ1n) is 13.8. The van der Waals surface area contributed by atoms with E-state index in [0.717, 1.165) is 11.1 Å². The van der Waals surface area contributed by atoms with E-state index < -0.39 is 29.0 Å². The SMILES string of the molecule is CC1=C(C(=O)O)C(c2cccc([N+](=O)[O-])c2)N(CCCNC(C(=O)Cc2ccccc2)C(=O)Cc2ccccc2)C(=O)N1. The van der Waals surface area contributed by atoms with Gasteiger partial charge in [0.15, 0.2) is 11.6 Å². The molecule has 0 bridgehead atoms. The van der Waals surface area contributed by atoms with E-state index in [0.29, 0.717) is 0 Å². The topological polar surface area (TPSA) is 159 Å². The van der Waals surface area contributed by atoms with Crippen LogP contribution in [0.4, 0.5) is 10.5 Å². The highest BCUT2D eigenvalue weighted by Crippen LogP contribution is 2.35. The summed E-state index contributed by atoms with van der Waals surface area (Å²) < 4.78 is 0. The van der Waals surface area contributed by atoms with Crippen LogP contribution in [0.5, 0.6) is 0 Å². The second kappa shape index (κ2) is 14.1. The van der Waals surface area contributed by atoms with E-state index in [1.165, 1.54) is 36.1 Å². The summed E-state index contributed by atoms with van der Waals surface area (Å²) >= 11 is 0. The zero-order chi connectivity index (χ0) is 30.9. The molecule has 1 atom stereocenters. The molecule has 0 aliphatic carbocycles. The molecule has 0 fully saturated rings. The van der Waals surface area contributed by atoms with Crippen molar-refractivity contribution in [2.24, 2.45) is 0 Å². The van der Waals surface area contributed by atoms with Gasteiger partial charge in [0.05, 0.1) is 16.5 Å². The fourth-order valence-electron chi connectivity index (χ4n) is 5.14. The van der Waals surface area contributed by atoms with E-state index >= 15 is 0 Å². The van der Waals surface area contributed by atoms with Gasteiger partial charge in [0.1, 0.15) is 6.04 Å². The molecule has 222 valence electrons. The van der Waals surface area contributed by atoms with E-state index in [4.69, 9.17) is 0 Å². The molecule has 3 aromatic rings. The Kier molecular flexibility index (Phi) is 10.1. The molecule has 1 unspecified atom stereocenters. The number of amides is 2. The van der Waals surface area contributed by atoms with E-state index in [1.807, 2.05) is 60.7 Å². The van der Waals surface area contributed by atoms with Crippen LogP contribution in [0.2, 0.25) is 0 Å². The number of urea groups is 1. The smallest absolute Gasteiger partial charge is 0.335 e. The highest BCUT2D eigenvalue weighted by molar-refractivity contribution is 6.07. The molecule has 0 aromatic heterocycles. The molecule has 11 heteroatoms. The fraction of sp³-hybridized carbons (Fsp3) is 0.250. The van der Waals surface area contributed by atoms with Gasteiger partial charge in [-0.3, -0.25) is 19.7 Å². The summed E-state index contributed by atoms with van der Waals surface area (Å²) in [6.45, 7) is 1.68. The fourth-order valence-corrected chi connectivity index (χ4v) is 5.14. The number of carboxylic acids is 1.